The fourth-order valence-corrected chi connectivity index (χ4v) is 7.79. The minimum absolute atomic E-state index is 0.00681. The van der Waals surface area contributed by atoms with Crippen molar-refractivity contribution < 1.29 is 33.8 Å². The Morgan fingerprint density at radius 1 is 1.22 bits per heavy atom. The molecule has 10 nitrogen and oxygen atoms in total. The number of nitrogens with zero attached hydrogens (tertiary/aromatic N) is 2. The lowest BCUT2D eigenvalue weighted by molar-refractivity contribution is -0.306. The van der Waals surface area contributed by atoms with Crippen molar-refractivity contribution in [3.05, 3.63) is 17.5 Å². The molecule has 2 saturated carbocycles. The molecule has 3 heterocycles. The highest BCUT2D eigenvalue weighted by molar-refractivity contribution is 5.92. The maximum Gasteiger partial charge on any atom is 0.273 e. The summed E-state index contributed by atoms with van der Waals surface area (Å²) in [5.41, 5.74) is -0.238. The van der Waals surface area contributed by atoms with Gasteiger partial charge < -0.3 is 34.4 Å². The summed E-state index contributed by atoms with van der Waals surface area (Å²) in [6.45, 7) is 7.58. The number of aliphatic hydroxyl groups excluding tert-OH is 2. The molecule has 2 aliphatic heterocycles. The zero-order valence-electron chi connectivity index (χ0n) is 22.1. The van der Waals surface area contributed by atoms with Crippen molar-refractivity contribution in [2.45, 2.75) is 90.3 Å². The number of amides is 2. The maximum absolute atomic E-state index is 13.3. The number of hydrogen-bond donors (Lipinski definition) is 3. The third-order valence-corrected chi connectivity index (χ3v) is 9.82. The molecule has 2 saturated heterocycles. The summed E-state index contributed by atoms with van der Waals surface area (Å²) in [5.74, 6) is 0.385. The van der Waals surface area contributed by atoms with Gasteiger partial charge in [-0.2, -0.15) is 0 Å². The monoisotopic (exact) mass is 519 g/mol. The largest absolute Gasteiger partial charge is 0.394 e. The van der Waals surface area contributed by atoms with Gasteiger partial charge in [0.05, 0.1) is 38.0 Å². The number of carbonyl (C=O) groups is 2. The van der Waals surface area contributed by atoms with Crippen LogP contribution >= 0.6 is 0 Å². The van der Waals surface area contributed by atoms with Crippen LogP contribution in [-0.2, 0) is 14.3 Å². The lowest BCUT2D eigenvalue weighted by Crippen LogP contribution is -2.63. The summed E-state index contributed by atoms with van der Waals surface area (Å²) in [5, 5.41) is 27.4. The van der Waals surface area contributed by atoms with Crippen molar-refractivity contribution in [3.63, 3.8) is 0 Å². The van der Waals surface area contributed by atoms with E-state index in [1.54, 1.807) is 13.0 Å². The van der Waals surface area contributed by atoms with Crippen LogP contribution in [0.25, 0.3) is 0 Å². The number of ether oxygens (including phenoxy) is 2. The van der Waals surface area contributed by atoms with E-state index in [0.717, 1.165) is 32.1 Å². The second-order valence-electron chi connectivity index (χ2n) is 12.0. The average Bonchev–Trinajstić information content (AvgIpc) is 3.53. The molecule has 3 N–H and O–H groups in total. The van der Waals surface area contributed by atoms with E-state index in [9.17, 15) is 19.8 Å². The number of aromatic nitrogens is 1. The first-order valence-electron chi connectivity index (χ1n) is 13.7. The highest BCUT2D eigenvalue weighted by Gasteiger charge is 2.61. The van der Waals surface area contributed by atoms with Crippen LogP contribution in [-0.4, -0.2) is 82.9 Å². The lowest BCUT2D eigenvalue weighted by Gasteiger charge is -2.63. The average molecular weight is 520 g/mol. The van der Waals surface area contributed by atoms with Crippen molar-refractivity contribution in [1.82, 2.24) is 15.4 Å². The third-order valence-electron chi connectivity index (χ3n) is 9.82. The van der Waals surface area contributed by atoms with Crippen LogP contribution in [0.4, 0.5) is 0 Å². The summed E-state index contributed by atoms with van der Waals surface area (Å²) in [6.07, 6.45) is 4.14. The molecule has 4 fully saturated rings. The van der Waals surface area contributed by atoms with Gasteiger partial charge in [-0.25, -0.2) is 0 Å². The predicted octanol–water partition coefficient (Wildman–Crippen LogP) is 2.02. The molecule has 8 atom stereocenters. The molecule has 0 aromatic carbocycles. The van der Waals surface area contributed by atoms with E-state index in [1.807, 2.05) is 4.90 Å². The predicted molar refractivity (Wildman–Crippen MR) is 132 cm³/mol. The molecule has 2 amide bonds. The van der Waals surface area contributed by atoms with Gasteiger partial charge >= 0.3 is 0 Å². The normalized spacial score (nSPS) is 39.6. The first kappa shape index (κ1) is 26.6. The molecule has 8 unspecified atom stereocenters. The molecule has 206 valence electrons. The Balaban J connectivity index is 1.24. The lowest BCUT2D eigenvalue weighted by atomic mass is 9.46. The number of aliphatic hydroxyl groups is 2. The second-order valence-corrected chi connectivity index (χ2v) is 12.0. The number of carbonyl (C=O) groups excluding carboxylic acids is 2. The standard InChI is InChI=1S/C27H41N3O7/c1-16-11-19(29-37-16)25(34)28-13-24-35-15-27(3)21-7-6-20(32)18(26(21,2)9-8-22(27)36-24)12-23(33)30-10-4-5-17(30)14-31/h11,17-18,20-22,24,31-32H,4-10,12-15H2,1-3H3,(H,28,34). The summed E-state index contributed by atoms with van der Waals surface area (Å²) in [7, 11) is 0. The van der Waals surface area contributed by atoms with Crippen LogP contribution in [0.2, 0.25) is 0 Å². The third kappa shape index (κ3) is 4.82. The minimum atomic E-state index is -0.545. The van der Waals surface area contributed by atoms with E-state index < -0.39 is 12.4 Å². The Morgan fingerprint density at radius 3 is 2.76 bits per heavy atom. The number of fused-ring (bicyclic) bond motifs is 3. The van der Waals surface area contributed by atoms with Crippen molar-refractivity contribution in [2.24, 2.45) is 22.7 Å². The molecule has 1 aromatic heterocycles. The van der Waals surface area contributed by atoms with Crippen molar-refractivity contribution in [3.8, 4) is 0 Å². The van der Waals surface area contributed by atoms with Gasteiger partial charge in [-0.3, -0.25) is 9.59 Å². The van der Waals surface area contributed by atoms with Crippen LogP contribution < -0.4 is 5.32 Å². The highest BCUT2D eigenvalue weighted by atomic mass is 16.7. The molecule has 37 heavy (non-hydrogen) atoms. The molecular weight excluding hydrogens is 478 g/mol. The van der Waals surface area contributed by atoms with Crippen molar-refractivity contribution >= 4 is 11.8 Å². The number of hydrogen-bond acceptors (Lipinski definition) is 8. The quantitative estimate of drug-likeness (QED) is 0.520. The summed E-state index contributed by atoms with van der Waals surface area (Å²) < 4.78 is 17.5. The van der Waals surface area contributed by atoms with Gasteiger partial charge in [0.25, 0.3) is 5.91 Å². The summed E-state index contributed by atoms with van der Waals surface area (Å²) >= 11 is 0. The zero-order valence-corrected chi connectivity index (χ0v) is 22.1. The minimum Gasteiger partial charge on any atom is -0.394 e. The van der Waals surface area contributed by atoms with E-state index in [4.69, 9.17) is 14.0 Å². The van der Waals surface area contributed by atoms with Crippen LogP contribution in [0.1, 0.15) is 75.0 Å². The highest BCUT2D eigenvalue weighted by Crippen LogP contribution is 2.62. The van der Waals surface area contributed by atoms with E-state index in [2.05, 4.69) is 24.3 Å². The van der Waals surface area contributed by atoms with E-state index in [1.165, 1.54) is 0 Å². The fourth-order valence-electron chi connectivity index (χ4n) is 7.79. The molecule has 10 heteroatoms. The smallest absolute Gasteiger partial charge is 0.273 e. The van der Waals surface area contributed by atoms with Crippen molar-refractivity contribution in [1.29, 1.82) is 0 Å². The van der Waals surface area contributed by atoms with Gasteiger partial charge in [0.15, 0.2) is 12.0 Å². The molecule has 5 rings (SSSR count). The topological polar surface area (TPSA) is 134 Å². The van der Waals surface area contributed by atoms with Crippen LogP contribution in [0.15, 0.2) is 10.6 Å². The zero-order chi connectivity index (χ0) is 26.4. The molecule has 0 radical (unpaired) electrons. The van der Waals surface area contributed by atoms with Crippen LogP contribution in [0, 0.1) is 29.6 Å². The molecule has 2 aliphatic carbocycles. The summed E-state index contributed by atoms with van der Waals surface area (Å²) in [4.78, 5) is 27.5. The Kier molecular flexibility index (Phi) is 7.39. The second kappa shape index (κ2) is 10.3. The molecule has 1 aromatic rings. The first-order chi connectivity index (χ1) is 17.7. The molecule has 0 spiro atoms. The van der Waals surface area contributed by atoms with Gasteiger partial charge in [0.1, 0.15) is 5.76 Å². The number of likely N-dealkylation sites (tertiary alicyclic amines) is 1. The number of nitrogens with one attached hydrogen (secondary N) is 1. The Labute approximate surface area is 218 Å². The van der Waals surface area contributed by atoms with Gasteiger partial charge in [-0.05, 0) is 62.7 Å². The van der Waals surface area contributed by atoms with Gasteiger partial charge in [-0.1, -0.05) is 19.0 Å². The Hall–Kier alpha value is -2.01. The van der Waals surface area contributed by atoms with Gasteiger partial charge in [-0.15, -0.1) is 0 Å². The van der Waals surface area contributed by atoms with E-state index in [-0.39, 0.29) is 65.5 Å². The van der Waals surface area contributed by atoms with Gasteiger partial charge in [0.2, 0.25) is 5.91 Å². The molecule has 0 bridgehead atoms. The number of aryl methyl sites for hydroxylation is 1. The first-order valence-corrected chi connectivity index (χ1v) is 13.7. The SMILES string of the molecule is Cc1cc(C(=O)NCC2OCC3(C)C(CCC4(C)C(CC(=O)N5CCCC5CO)C(O)CCC34)O2)no1. The number of rotatable bonds is 6. The molecule has 4 aliphatic rings. The maximum atomic E-state index is 13.3. The van der Waals surface area contributed by atoms with Crippen LogP contribution in [0.5, 0.6) is 0 Å². The van der Waals surface area contributed by atoms with Gasteiger partial charge in [0, 0.05) is 24.4 Å². The van der Waals surface area contributed by atoms with E-state index in [0.29, 0.717) is 31.8 Å². The Morgan fingerprint density at radius 2 is 2.03 bits per heavy atom. The van der Waals surface area contributed by atoms with Crippen molar-refractivity contribution in [2.75, 3.05) is 26.3 Å². The fraction of sp³-hybridized carbons (Fsp3) is 0.815. The summed E-state index contributed by atoms with van der Waals surface area (Å²) in [6, 6.07) is 1.49. The van der Waals surface area contributed by atoms with Crippen LogP contribution in [0.3, 0.4) is 0 Å². The molecular formula is C27H41N3O7. The van der Waals surface area contributed by atoms with E-state index >= 15 is 0 Å². The Bertz CT molecular complexity index is 1000.